The third-order valence-corrected chi connectivity index (χ3v) is 6.05. The van der Waals surface area contributed by atoms with Gasteiger partial charge >= 0.3 is 0 Å². The summed E-state index contributed by atoms with van der Waals surface area (Å²) in [7, 11) is 0. The van der Waals surface area contributed by atoms with E-state index in [4.69, 9.17) is 4.74 Å². The highest BCUT2D eigenvalue weighted by atomic mass is 16.5. The summed E-state index contributed by atoms with van der Waals surface area (Å²) in [6.07, 6.45) is 6.23. The first kappa shape index (κ1) is 18.2. The van der Waals surface area contributed by atoms with E-state index in [-0.39, 0.29) is 5.41 Å². The summed E-state index contributed by atoms with van der Waals surface area (Å²) < 4.78 is 5.77. The molecular weight excluding hydrogens is 276 g/mol. The molecule has 4 nitrogen and oxygen atoms in total. The maximum atomic E-state index is 9.71. The van der Waals surface area contributed by atoms with Gasteiger partial charge in [0.25, 0.3) is 0 Å². The van der Waals surface area contributed by atoms with Crippen molar-refractivity contribution < 1.29 is 9.84 Å². The number of ether oxygens (including phenoxy) is 1. The summed E-state index contributed by atoms with van der Waals surface area (Å²) in [6, 6.07) is 0.588. The second kappa shape index (κ2) is 8.62. The standard InChI is InChI=1S/C18H36N2O2/c1-4-18(5-2,14-21)13-19-17-8-9-20(11-15(17)3)12-16-7-6-10-22-16/h15-17,19,21H,4-14H2,1-3H3. The van der Waals surface area contributed by atoms with E-state index in [1.165, 1.54) is 32.4 Å². The summed E-state index contributed by atoms with van der Waals surface area (Å²) in [5.74, 6) is 0.667. The zero-order valence-corrected chi connectivity index (χ0v) is 14.8. The van der Waals surface area contributed by atoms with Crippen LogP contribution in [0.2, 0.25) is 0 Å². The van der Waals surface area contributed by atoms with Crippen molar-refractivity contribution in [3.63, 3.8) is 0 Å². The molecule has 2 fully saturated rings. The lowest BCUT2D eigenvalue weighted by Crippen LogP contribution is -2.52. The largest absolute Gasteiger partial charge is 0.396 e. The number of aliphatic hydroxyl groups is 1. The summed E-state index contributed by atoms with van der Waals surface area (Å²) in [5.41, 5.74) is 0.0640. The fourth-order valence-corrected chi connectivity index (χ4v) is 3.90. The molecule has 0 aromatic carbocycles. The van der Waals surface area contributed by atoms with Crippen LogP contribution in [0.3, 0.4) is 0 Å². The average Bonchev–Trinajstić information content (AvgIpc) is 3.04. The van der Waals surface area contributed by atoms with Gasteiger partial charge in [0.05, 0.1) is 6.10 Å². The van der Waals surface area contributed by atoms with E-state index in [0.717, 1.165) is 32.5 Å². The number of nitrogens with one attached hydrogen (secondary N) is 1. The minimum atomic E-state index is 0.0640. The van der Waals surface area contributed by atoms with Gasteiger partial charge in [0.1, 0.15) is 0 Å². The van der Waals surface area contributed by atoms with Crippen LogP contribution in [0.5, 0.6) is 0 Å². The summed E-state index contributed by atoms with van der Waals surface area (Å²) in [6.45, 7) is 12.4. The topological polar surface area (TPSA) is 44.7 Å². The van der Waals surface area contributed by atoms with Gasteiger partial charge in [-0.3, -0.25) is 0 Å². The Morgan fingerprint density at radius 2 is 2.05 bits per heavy atom. The fraction of sp³-hybridized carbons (Fsp3) is 1.00. The molecule has 2 N–H and O–H groups in total. The molecule has 2 aliphatic rings. The number of piperidine rings is 1. The first-order chi connectivity index (χ1) is 10.6. The van der Waals surface area contributed by atoms with Crippen molar-refractivity contribution in [2.75, 3.05) is 39.4 Å². The van der Waals surface area contributed by atoms with Crippen LogP contribution < -0.4 is 5.32 Å². The molecule has 2 rings (SSSR count). The molecule has 0 spiro atoms. The molecule has 0 aromatic rings. The van der Waals surface area contributed by atoms with Crippen molar-refractivity contribution >= 4 is 0 Å². The lowest BCUT2D eigenvalue weighted by molar-refractivity contribution is 0.0469. The van der Waals surface area contributed by atoms with E-state index in [9.17, 15) is 5.11 Å². The van der Waals surface area contributed by atoms with E-state index in [1.807, 2.05) is 0 Å². The van der Waals surface area contributed by atoms with Gasteiger partial charge in [-0.25, -0.2) is 0 Å². The van der Waals surface area contributed by atoms with Crippen LogP contribution in [0.4, 0.5) is 0 Å². The van der Waals surface area contributed by atoms with Gasteiger partial charge in [-0.05, 0) is 44.6 Å². The fourth-order valence-electron chi connectivity index (χ4n) is 3.90. The van der Waals surface area contributed by atoms with Crippen molar-refractivity contribution in [1.82, 2.24) is 10.2 Å². The minimum absolute atomic E-state index is 0.0640. The predicted octanol–water partition coefficient (Wildman–Crippen LogP) is 2.26. The SMILES string of the molecule is CCC(CC)(CO)CNC1CCN(CC2CCCO2)CC1C. The Balaban J connectivity index is 1.75. The molecule has 3 unspecified atom stereocenters. The molecule has 130 valence electrons. The van der Waals surface area contributed by atoms with E-state index in [2.05, 4.69) is 31.0 Å². The third kappa shape index (κ3) is 4.67. The van der Waals surface area contributed by atoms with Crippen molar-refractivity contribution in [2.45, 2.75) is 65.0 Å². The maximum absolute atomic E-state index is 9.71. The minimum Gasteiger partial charge on any atom is -0.396 e. The van der Waals surface area contributed by atoms with Crippen molar-refractivity contribution in [3.05, 3.63) is 0 Å². The molecule has 0 aromatic heterocycles. The van der Waals surface area contributed by atoms with E-state index < -0.39 is 0 Å². The van der Waals surface area contributed by atoms with Gasteiger partial charge in [-0.1, -0.05) is 20.8 Å². The Bertz CT molecular complexity index is 306. The lowest BCUT2D eigenvalue weighted by atomic mass is 9.82. The zero-order valence-electron chi connectivity index (χ0n) is 14.8. The summed E-state index contributed by atoms with van der Waals surface area (Å²) in [5, 5.41) is 13.5. The molecule has 0 amide bonds. The zero-order chi connectivity index (χ0) is 16.0. The van der Waals surface area contributed by atoms with Crippen LogP contribution in [-0.2, 0) is 4.74 Å². The first-order valence-electron chi connectivity index (χ1n) is 9.30. The van der Waals surface area contributed by atoms with Gasteiger partial charge < -0.3 is 20.1 Å². The van der Waals surface area contributed by atoms with Gasteiger partial charge in [0.2, 0.25) is 0 Å². The highest BCUT2D eigenvalue weighted by molar-refractivity contribution is 4.87. The number of hydrogen-bond acceptors (Lipinski definition) is 4. The third-order valence-electron chi connectivity index (χ3n) is 6.05. The smallest absolute Gasteiger partial charge is 0.0702 e. The highest BCUT2D eigenvalue weighted by Crippen LogP contribution is 2.26. The molecule has 2 saturated heterocycles. The number of rotatable bonds is 8. The highest BCUT2D eigenvalue weighted by Gasteiger charge is 2.31. The van der Waals surface area contributed by atoms with Crippen LogP contribution >= 0.6 is 0 Å². The average molecular weight is 312 g/mol. The number of nitrogens with zero attached hydrogens (tertiary/aromatic N) is 1. The Labute approximate surface area is 136 Å². The molecule has 0 bridgehead atoms. The molecule has 2 heterocycles. The summed E-state index contributed by atoms with van der Waals surface area (Å²) >= 11 is 0. The number of likely N-dealkylation sites (tertiary alicyclic amines) is 1. The Morgan fingerprint density at radius 1 is 1.27 bits per heavy atom. The van der Waals surface area contributed by atoms with Crippen LogP contribution in [0.1, 0.15) is 52.9 Å². The quantitative estimate of drug-likeness (QED) is 0.722. The molecule has 22 heavy (non-hydrogen) atoms. The molecule has 2 aliphatic heterocycles. The number of aliphatic hydroxyl groups excluding tert-OH is 1. The predicted molar refractivity (Wildman–Crippen MR) is 91.1 cm³/mol. The van der Waals surface area contributed by atoms with Crippen LogP contribution in [0.15, 0.2) is 0 Å². The van der Waals surface area contributed by atoms with Crippen molar-refractivity contribution in [3.8, 4) is 0 Å². The summed E-state index contributed by atoms with van der Waals surface area (Å²) in [4.78, 5) is 2.58. The van der Waals surface area contributed by atoms with Crippen molar-refractivity contribution in [2.24, 2.45) is 11.3 Å². The van der Waals surface area contributed by atoms with Gasteiger partial charge in [0.15, 0.2) is 0 Å². The Morgan fingerprint density at radius 3 is 2.59 bits per heavy atom. The normalized spacial score (nSPS) is 30.8. The molecular formula is C18H36N2O2. The first-order valence-corrected chi connectivity index (χ1v) is 9.30. The molecule has 3 atom stereocenters. The monoisotopic (exact) mass is 312 g/mol. The molecule has 4 heteroatoms. The van der Waals surface area contributed by atoms with E-state index in [0.29, 0.717) is 24.7 Å². The van der Waals surface area contributed by atoms with Crippen molar-refractivity contribution in [1.29, 1.82) is 0 Å². The van der Waals surface area contributed by atoms with E-state index >= 15 is 0 Å². The Hall–Kier alpha value is -0.160. The molecule has 0 saturated carbocycles. The maximum Gasteiger partial charge on any atom is 0.0702 e. The molecule has 0 aliphatic carbocycles. The second-order valence-electron chi connectivity index (χ2n) is 7.51. The number of hydrogen-bond donors (Lipinski definition) is 2. The second-order valence-corrected chi connectivity index (χ2v) is 7.51. The van der Waals surface area contributed by atoms with E-state index in [1.54, 1.807) is 0 Å². The van der Waals surface area contributed by atoms with Gasteiger partial charge in [-0.2, -0.15) is 0 Å². The lowest BCUT2D eigenvalue weighted by Gasteiger charge is -2.40. The Kier molecular flexibility index (Phi) is 7.13. The van der Waals surface area contributed by atoms with Gasteiger partial charge in [-0.15, -0.1) is 0 Å². The van der Waals surface area contributed by atoms with Crippen LogP contribution in [0, 0.1) is 11.3 Å². The molecule has 0 radical (unpaired) electrons. The van der Waals surface area contributed by atoms with Crippen LogP contribution in [0.25, 0.3) is 0 Å². The van der Waals surface area contributed by atoms with Crippen LogP contribution in [-0.4, -0.2) is 61.5 Å². The van der Waals surface area contributed by atoms with Gasteiger partial charge in [0, 0.05) is 44.3 Å².